The molecule has 0 atom stereocenters. The molecule has 0 amide bonds. The summed E-state index contributed by atoms with van der Waals surface area (Å²) < 4.78 is 0. The summed E-state index contributed by atoms with van der Waals surface area (Å²) in [6.07, 6.45) is 4.61. The van der Waals surface area contributed by atoms with Crippen LogP contribution in [0.15, 0.2) is 59.4 Å². The van der Waals surface area contributed by atoms with Crippen LogP contribution in [0.2, 0.25) is 0 Å². The fourth-order valence-electron chi connectivity index (χ4n) is 4.39. The molecule has 2 heterocycles. The lowest BCUT2D eigenvalue weighted by atomic mass is 9.84. The summed E-state index contributed by atoms with van der Waals surface area (Å²) in [7, 11) is 0. The first-order valence-electron chi connectivity index (χ1n) is 10.5. The van der Waals surface area contributed by atoms with Crippen molar-refractivity contribution in [2.75, 3.05) is 0 Å². The monoisotopic (exact) mass is 424 g/mol. The molecule has 0 unspecified atom stereocenters. The molecule has 0 spiro atoms. The summed E-state index contributed by atoms with van der Waals surface area (Å²) in [5.74, 6) is 0.476. The molecule has 7 heteroatoms. The molecule has 0 fully saturated rings. The second-order valence-corrected chi connectivity index (χ2v) is 7.91. The molecule has 0 saturated carbocycles. The van der Waals surface area contributed by atoms with Gasteiger partial charge < -0.3 is 4.98 Å². The maximum absolute atomic E-state index is 13.0. The molecule has 7 nitrogen and oxygen atoms in total. The Balaban J connectivity index is 1.85. The molecule has 2 aromatic heterocycles. The number of benzene rings is 2. The number of pyridine rings is 1. The van der Waals surface area contributed by atoms with E-state index in [2.05, 4.69) is 16.0 Å². The van der Waals surface area contributed by atoms with E-state index in [0.29, 0.717) is 28.0 Å². The molecule has 1 aliphatic rings. The van der Waals surface area contributed by atoms with Gasteiger partial charge in [0, 0.05) is 17.7 Å². The number of allylic oxidation sites excluding steroid dienone is 1. The number of aromatic nitrogens is 3. The van der Waals surface area contributed by atoms with E-state index in [1.807, 2.05) is 30.3 Å². The van der Waals surface area contributed by atoms with Crippen LogP contribution < -0.4 is 5.56 Å². The van der Waals surface area contributed by atoms with E-state index in [1.165, 1.54) is 12.1 Å². The number of nitro groups is 1. The Morgan fingerprint density at radius 3 is 2.66 bits per heavy atom. The first kappa shape index (κ1) is 19.8. The van der Waals surface area contributed by atoms with Gasteiger partial charge in [-0.15, -0.1) is 0 Å². The van der Waals surface area contributed by atoms with Gasteiger partial charge in [-0.3, -0.25) is 14.9 Å². The minimum Gasteiger partial charge on any atom is -0.310 e. The van der Waals surface area contributed by atoms with Crippen molar-refractivity contribution in [1.29, 1.82) is 0 Å². The predicted molar refractivity (Wildman–Crippen MR) is 124 cm³/mol. The van der Waals surface area contributed by atoms with Crippen LogP contribution in [0.3, 0.4) is 0 Å². The summed E-state index contributed by atoms with van der Waals surface area (Å²) in [6, 6.07) is 16.4. The van der Waals surface area contributed by atoms with Crippen LogP contribution in [0, 0.1) is 17.0 Å². The highest BCUT2D eigenvalue weighted by Gasteiger charge is 2.25. The average molecular weight is 424 g/mol. The SMILES string of the molecule is Cc1nc2nc3c(c(-c4cccc([N+](=O)[O-])c4)c2c(=O)[nH]1)CCCC3=Cc1ccccc1. The fraction of sp³-hybridized carbons (Fsp3) is 0.160. The molecule has 2 aromatic carbocycles. The summed E-state index contributed by atoms with van der Waals surface area (Å²) in [5.41, 5.74) is 5.25. The molecular formula is C25H20N4O3. The second kappa shape index (κ2) is 7.85. The lowest BCUT2D eigenvalue weighted by Crippen LogP contribution is -2.16. The normalized spacial score (nSPS) is 14.5. The van der Waals surface area contributed by atoms with Crippen molar-refractivity contribution in [3.63, 3.8) is 0 Å². The summed E-state index contributed by atoms with van der Waals surface area (Å²) in [6.45, 7) is 1.72. The number of hydrogen-bond acceptors (Lipinski definition) is 5. The van der Waals surface area contributed by atoms with Gasteiger partial charge in [0.25, 0.3) is 11.2 Å². The molecule has 4 aromatic rings. The zero-order chi connectivity index (χ0) is 22.2. The standard InChI is InChI=1S/C25H20N4O3/c1-15-26-24-22(25(30)27-15)21(17-9-5-11-19(14-17)29(31)32)20-12-6-10-18(23(20)28-24)13-16-7-3-2-4-8-16/h2-5,7-9,11,13-14H,6,10,12H2,1H3,(H,26,27,28,30). The van der Waals surface area contributed by atoms with Gasteiger partial charge >= 0.3 is 0 Å². The number of hydrogen-bond donors (Lipinski definition) is 1. The van der Waals surface area contributed by atoms with E-state index < -0.39 is 4.92 Å². The molecule has 1 N–H and O–H groups in total. The Labute approximate surface area is 183 Å². The lowest BCUT2D eigenvalue weighted by molar-refractivity contribution is -0.384. The summed E-state index contributed by atoms with van der Waals surface area (Å²) in [4.78, 5) is 36.1. The van der Waals surface area contributed by atoms with Crippen molar-refractivity contribution in [3.05, 3.63) is 97.7 Å². The van der Waals surface area contributed by atoms with Gasteiger partial charge in [-0.05, 0) is 54.5 Å². The van der Waals surface area contributed by atoms with Crippen molar-refractivity contribution in [2.45, 2.75) is 26.2 Å². The number of non-ortho nitro benzene ring substituents is 1. The molecular weight excluding hydrogens is 404 g/mol. The lowest BCUT2D eigenvalue weighted by Gasteiger charge is -2.23. The molecule has 32 heavy (non-hydrogen) atoms. The zero-order valence-corrected chi connectivity index (χ0v) is 17.5. The van der Waals surface area contributed by atoms with Gasteiger partial charge in [0.1, 0.15) is 5.82 Å². The highest BCUT2D eigenvalue weighted by atomic mass is 16.6. The number of fused-ring (bicyclic) bond motifs is 2. The Hall–Kier alpha value is -4.13. The number of aryl methyl sites for hydroxylation is 1. The van der Waals surface area contributed by atoms with Crippen molar-refractivity contribution < 1.29 is 4.92 Å². The van der Waals surface area contributed by atoms with Gasteiger partial charge in [0.15, 0.2) is 5.65 Å². The highest BCUT2D eigenvalue weighted by Crippen LogP contribution is 2.40. The minimum absolute atomic E-state index is 0.0198. The van der Waals surface area contributed by atoms with E-state index in [4.69, 9.17) is 4.98 Å². The molecule has 158 valence electrons. The first-order valence-corrected chi connectivity index (χ1v) is 10.5. The number of aromatic amines is 1. The highest BCUT2D eigenvalue weighted by molar-refractivity contribution is 5.98. The third-order valence-corrected chi connectivity index (χ3v) is 5.74. The molecule has 0 bridgehead atoms. The Kier molecular flexibility index (Phi) is 4.86. The molecule has 0 radical (unpaired) electrons. The number of H-pyrrole nitrogens is 1. The topological polar surface area (TPSA) is 102 Å². The van der Waals surface area contributed by atoms with Crippen LogP contribution in [0.25, 0.3) is 33.8 Å². The van der Waals surface area contributed by atoms with Crippen LogP contribution in [-0.2, 0) is 6.42 Å². The van der Waals surface area contributed by atoms with Gasteiger partial charge in [-0.2, -0.15) is 0 Å². The van der Waals surface area contributed by atoms with E-state index in [9.17, 15) is 14.9 Å². The third-order valence-electron chi connectivity index (χ3n) is 5.74. The minimum atomic E-state index is -0.424. The number of nitrogens with zero attached hydrogens (tertiary/aromatic N) is 3. The Morgan fingerprint density at radius 2 is 1.88 bits per heavy atom. The van der Waals surface area contributed by atoms with Gasteiger partial charge in [0.05, 0.1) is 16.0 Å². The van der Waals surface area contributed by atoms with Crippen molar-refractivity contribution in [1.82, 2.24) is 15.0 Å². The fourth-order valence-corrected chi connectivity index (χ4v) is 4.39. The third kappa shape index (κ3) is 3.47. The number of nitrogens with one attached hydrogen (secondary N) is 1. The van der Waals surface area contributed by atoms with E-state index in [0.717, 1.165) is 41.7 Å². The molecule has 0 saturated heterocycles. The van der Waals surface area contributed by atoms with Crippen molar-refractivity contribution in [2.24, 2.45) is 0 Å². The Bertz CT molecular complexity index is 1460. The van der Waals surface area contributed by atoms with Gasteiger partial charge in [-0.1, -0.05) is 42.5 Å². The van der Waals surface area contributed by atoms with E-state index in [-0.39, 0.29) is 11.2 Å². The van der Waals surface area contributed by atoms with Gasteiger partial charge in [0.2, 0.25) is 0 Å². The molecule has 0 aliphatic heterocycles. The first-order chi connectivity index (χ1) is 15.5. The summed E-state index contributed by atoms with van der Waals surface area (Å²) in [5, 5.41) is 11.8. The van der Waals surface area contributed by atoms with E-state index in [1.54, 1.807) is 19.1 Å². The molecule has 1 aliphatic carbocycles. The van der Waals surface area contributed by atoms with Crippen LogP contribution >= 0.6 is 0 Å². The van der Waals surface area contributed by atoms with Crippen molar-refractivity contribution >= 4 is 28.4 Å². The van der Waals surface area contributed by atoms with Crippen molar-refractivity contribution in [3.8, 4) is 11.1 Å². The maximum Gasteiger partial charge on any atom is 0.270 e. The van der Waals surface area contributed by atoms with Crippen LogP contribution in [0.5, 0.6) is 0 Å². The van der Waals surface area contributed by atoms with Gasteiger partial charge in [-0.25, -0.2) is 9.97 Å². The largest absolute Gasteiger partial charge is 0.310 e. The van der Waals surface area contributed by atoms with E-state index >= 15 is 0 Å². The average Bonchev–Trinajstić information content (AvgIpc) is 2.79. The van der Waals surface area contributed by atoms with Crippen LogP contribution in [0.4, 0.5) is 5.69 Å². The smallest absolute Gasteiger partial charge is 0.270 e. The summed E-state index contributed by atoms with van der Waals surface area (Å²) >= 11 is 0. The zero-order valence-electron chi connectivity index (χ0n) is 17.5. The molecule has 5 rings (SSSR count). The van der Waals surface area contributed by atoms with Crippen LogP contribution in [-0.4, -0.2) is 19.9 Å². The van der Waals surface area contributed by atoms with Crippen LogP contribution in [0.1, 0.15) is 35.5 Å². The number of rotatable bonds is 3. The maximum atomic E-state index is 13.0. The Morgan fingerprint density at radius 1 is 1.06 bits per heavy atom. The number of nitro benzene ring substituents is 1. The second-order valence-electron chi connectivity index (χ2n) is 7.91. The predicted octanol–water partition coefficient (Wildman–Crippen LogP) is 5.08. The quantitative estimate of drug-likeness (QED) is 0.365.